The highest BCUT2D eigenvalue weighted by Gasteiger charge is 2.18. The number of nitrogens with one attached hydrogen (secondary N) is 2. The number of carbonyl (C=O) groups excluding carboxylic acids is 1. The number of aromatic amines is 1. The van der Waals surface area contributed by atoms with Crippen LogP contribution >= 0.6 is 27.5 Å². The summed E-state index contributed by atoms with van der Waals surface area (Å²) >= 11 is 9.35. The molecule has 2 aromatic heterocycles. The van der Waals surface area contributed by atoms with Crippen LogP contribution in [0.25, 0.3) is 22.2 Å². The predicted octanol–water partition coefficient (Wildman–Crippen LogP) is 6.03. The maximum absolute atomic E-state index is 13.3. The van der Waals surface area contributed by atoms with Crippen molar-refractivity contribution in [3.8, 4) is 11.1 Å². The third-order valence-electron chi connectivity index (χ3n) is 4.86. The van der Waals surface area contributed by atoms with Crippen LogP contribution < -0.4 is 4.72 Å². The first-order valence-corrected chi connectivity index (χ1v) is 12.7. The Morgan fingerprint density at radius 1 is 1.12 bits per heavy atom. The number of pyridine rings is 1. The summed E-state index contributed by atoms with van der Waals surface area (Å²) in [4.78, 5) is 20.8. The number of hydrogen-bond acceptors (Lipinski definition) is 4. The predicted molar refractivity (Wildman–Crippen MR) is 132 cm³/mol. The molecule has 164 valence electrons. The Kier molecular flexibility index (Phi) is 6.37. The van der Waals surface area contributed by atoms with Crippen molar-refractivity contribution in [1.82, 2.24) is 9.97 Å². The van der Waals surface area contributed by atoms with Crippen molar-refractivity contribution in [2.24, 2.45) is 0 Å². The van der Waals surface area contributed by atoms with E-state index < -0.39 is 10.0 Å². The number of carbonyl (C=O) groups is 1. The molecule has 2 heterocycles. The third-order valence-corrected chi connectivity index (χ3v) is 7.06. The van der Waals surface area contributed by atoms with Gasteiger partial charge in [-0.15, -0.1) is 0 Å². The summed E-state index contributed by atoms with van der Waals surface area (Å²) in [6.45, 7) is 1.79. The minimum atomic E-state index is -3.48. The molecule has 0 bridgehead atoms. The number of halogens is 2. The molecule has 2 aromatic carbocycles. The standard InChI is InChI=1S/C23H19BrClN3O3S/c1-2-7-32(30,31)28-19-9-15(8-17(24)11-19)22(29)21-13-27-23-20(21)10-16(12-26-23)14-3-5-18(25)6-4-14/h3-6,8-13,28H,2,7H2,1H3,(H,26,27). The normalized spacial score (nSPS) is 11.6. The van der Waals surface area contributed by atoms with Gasteiger partial charge >= 0.3 is 0 Å². The van der Waals surface area contributed by atoms with E-state index in [9.17, 15) is 13.2 Å². The number of fused-ring (bicyclic) bond motifs is 1. The monoisotopic (exact) mass is 531 g/mol. The molecule has 32 heavy (non-hydrogen) atoms. The first-order chi connectivity index (χ1) is 15.3. The van der Waals surface area contributed by atoms with Gasteiger partial charge < -0.3 is 4.98 Å². The van der Waals surface area contributed by atoms with E-state index in [0.717, 1.165) is 11.1 Å². The average Bonchev–Trinajstić information content (AvgIpc) is 3.16. The van der Waals surface area contributed by atoms with Gasteiger partial charge in [0, 0.05) is 44.0 Å². The topological polar surface area (TPSA) is 91.9 Å². The van der Waals surface area contributed by atoms with Gasteiger partial charge in [-0.1, -0.05) is 46.6 Å². The molecule has 0 saturated heterocycles. The van der Waals surface area contributed by atoms with Crippen LogP contribution in [0.4, 0.5) is 5.69 Å². The Bertz CT molecular complexity index is 1420. The van der Waals surface area contributed by atoms with E-state index in [-0.39, 0.29) is 11.5 Å². The lowest BCUT2D eigenvalue weighted by molar-refractivity contribution is 0.104. The minimum absolute atomic E-state index is 0.00435. The molecule has 4 aromatic rings. The van der Waals surface area contributed by atoms with Gasteiger partial charge in [0.1, 0.15) is 5.65 Å². The summed E-state index contributed by atoms with van der Waals surface area (Å²) in [5.41, 5.74) is 3.50. The van der Waals surface area contributed by atoms with Gasteiger partial charge in [-0.3, -0.25) is 9.52 Å². The minimum Gasteiger partial charge on any atom is -0.345 e. The molecular weight excluding hydrogens is 514 g/mol. The van der Waals surface area contributed by atoms with Crippen LogP contribution in [0.2, 0.25) is 5.02 Å². The third kappa shape index (κ3) is 4.87. The van der Waals surface area contributed by atoms with Crippen LogP contribution in [0.15, 0.2) is 65.4 Å². The van der Waals surface area contributed by atoms with E-state index in [1.807, 2.05) is 18.2 Å². The SMILES string of the molecule is CCCS(=O)(=O)Nc1cc(Br)cc(C(=O)c2c[nH]c3ncc(-c4ccc(Cl)cc4)cc23)c1. The zero-order chi connectivity index (χ0) is 22.9. The lowest BCUT2D eigenvalue weighted by Crippen LogP contribution is -2.16. The summed E-state index contributed by atoms with van der Waals surface area (Å²) in [6, 6.07) is 14.1. The molecule has 0 saturated carbocycles. The lowest BCUT2D eigenvalue weighted by Gasteiger charge is -2.10. The Balaban J connectivity index is 1.72. The number of rotatable bonds is 7. The lowest BCUT2D eigenvalue weighted by atomic mass is 10.0. The Morgan fingerprint density at radius 3 is 2.59 bits per heavy atom. The molecule has 4 rings (SSSR count). The Hall–Kier alpha value is -2.68. The molecular formula is C23H19BrClN3O3S. The molecule has 0 spiro atoms. The van der Waals surface area contributed by atoms with Gasteiger partial charge in [-0.25, -0.2) is 13.4 Å². The summed E-state index contributed by atoms with van der Waals surface area (Å²) < 4.78 is 27.4. The average molecular weight is 533 g/mol. The second-order valence-corrected chi connectivity index (χ2v) is 10.5. The van der Waals surface area contributed by atoms with Crippen molar-refractivity contribution < 1.29 is 13.2 Å². The van der Waals surface area contributed by atoms with Crippen LogP contribution in [0.5, 0.6) is 0 Å². The highest BCUT2D eigenvalue weighted by atomic mass is 79.9. The highest BCUT2D eigenvalue weighted by molar-refractivity contribution is 9.10. The fraction of sp³-hybridized carbons (Fsp3) is 0.130. The van der Waals surface area contributed by atoms with E-state index in [2.05, 4.69) is 30.6 Å². The zero-order valence-electron chi connectivity index (χ0n) is 17.0. The number of nitrogens with zero attached hydrogens (tertiary/aromatic N) is 1. The second-order valence-electron chi connectivity index (χ2n) is 7.31. The number of benzene rings is 2. The summed E-state index contributed by atoms with van der Waals surface area (Å²) in [7, 11) is -3.48. The van der Waals surface area contributed by atoms with E-state index in [4.69, 9.17) is 11.6 Å². The van der Waals surface area contributed by atoms with Crippen molar-refractivity contribution in [2.75, 3.05) is 10.5 Å². The molecule has 2 N–H and O–H groups in total. The molecule has 0 aliphatic carbocycles. The van der Waals surface area contributed by atoms with Crippen molar-refractivity contribution >= 4 is 60.1 Å². The number of H-pyrrole nitrogens is 1. The Labute approximate surface area is 199 Å². The number of hydrogen-bond donors (Lipinski definition) is 2. The maximum Gasteiger partial charge on any atom is 0.232 e. The molecule has 0 amide bonds. The maximum atomic E-state index is 13.3. The Morgan fingerprint density at radius 2 is 1.88 bits per heavy atom. The van der Waals surface area contributed by atoms with Crippen LogP contribution in [0.3, 0.4) is 0 Å². The van der Waals surface area contributed by atoms with E-state index in [1.165, 1.54) is 6.07 Å². The highest BCUT2D eigenvalue weighted by Crippen LogP contribution is 2.29. The number of sulfonamides is 1. The van der Waals surface area contributed by atoms with Crippen LogP contribution in [0.1, 0.15) is 29.3 Å². The number of anilines is 1. The van der Waals surface area contributed by atoms with Gasteiger partial charge in [-0.2, -0.15) is 0 Å². The smallest absolute Gasteiger partial charge is 0.232 e. The largest absolute Gasteiger partial charge is 0.345 e. The quantitative estimate of drug-likeness (QED) is 0.284. The summed E-state index contributed by atoms with van der Waals surface area (Å²) in [5.74, 6) is -0.242. The molecule has 0 atom stereocenters. The van der Waals surface area contributed by atoms with Gasteiger partial charge in [0.2, 0.25) is 10.0 Å². The van der Waals surface area contributed by atoms with E-state index in [0.29, 0.717) is 43.8 Å². The first kappa shape index (κ1) is 22.5. The molecule has 9 heteroatoms. The van der Waals surface area contributed by atoms with Crippen LogP contribution in [0, 0.1) is 0 Å². The molecule has 0 aliphatic rings. The number of ketones is 1. The summed E-state index contributed by atoms with van der Waals surface area (Å²) in [6.07, 6.45) is 3.84. The fourth-order valence-electron chi connectivity index (χ4n) is 3.43. The molecule has 0 radical (unpaired) electrons. The van der Waals surface area contributed by atoms with E-state index in [1.54, 1.807) is 43.6 Å². The molecule has 0 fully saturated rings. The van der Waals surface area contributed by atoms with Crippen molar-refractivity contribution in [1.29, 1.82) is 0 Å². The first-order valence-electron chi connectivity index (χ1n) is 9.84. The molecule has 0 aliphatic heterocycles. The summed E-state index contributed by atoms with van der Waals surface area (Å²) in [5, 5.41) is 1.32. The zero-order valence-corrected chi connectivity index (χ0v) is 20.2. The number of aromatic nitrogens is 2. The van der Waals surface area contributed by atoms with Crippen LogP contribution in [-0.4, -0.2) is 29.9 Å². The van der Waals surface area contributed by atoms with Crippen molar-refractivity contribution in [3.63, 3.8) is 0 Å². The molecule has 6 nitrogen and oxygen atoms in total. The second kappa shape index (κ2) is 9.05. The van der Waals surface area contributed by atoms with Gasteiger partial charge in [-0.05, 0) is 48.4 Å². The van der Waals surface area contributed by atoms with Crippen molar-refractivity contribution in [3.05, 3.63) is 81.5 Å². The van der Waals surface area contributed by atoms with Crippen molar-refractivity contribution in [2.45, 2.75) is 13.3 Å². The molecule has 0 unspecified atom stereocenters. The van der Waals surface area contributed by atoms with Crippen LogP contribution in [-0.2, 0) is 10.0 Å². The van der Waals surface area contributed by atoms with Gasteiger partial charge in [0.25, 0.3) is 0 Å². The van der Waals surface area contributed by atoms with Gasteiger partial charge in [0.05, 0.1) is 11.4 Å². The van der Waals surface area contributed by atoms with E-state index >= 15 is 0 Å². The van der Waals surface area contributed by atoms with Gasteiger partial charge in [0.15, 0.2) is 5.78 Å². The fourth-order valence-corrected chi connectivity index (χ4v) is 5.16.